The lowest BCUT2D eigenvalue weighted by atomic mass is 10.2. The number of halogens is 1. The number of nitrogens with zero attached hydrogens (tertiary/aromatic N) is 2. The molecule has 0 bridgehead atoms. The molecule has 5 heteroatoms. The van der Waals surface area contributed by atoms with Gasteiger partial charge in [0, 0.05) is 6.04 Å². The van der Waals surface area contributed by atoms with Gasteiger partial charge in [-0.15, -0.1) is 6.58 Å². The molecule has 1 amide bonds. The third-order valence-corrected chi connectivity index (χ3v) is 1.92. The molecule has 1 aromatic heterocycles. The Bertz CT molecular complexity index is 367. The Hall–Kier alpha value is -1.42. The molecule has 0 aliphatic rings. The molecule has 4 nitrogen and oxygen atoms in total. The number of hydrogen-bond donors (Lipinski definition) is 1. The minimum absolute atomic E-state index is 0.0239. The van der Waals surface area contributed by atoms with Crippen molar-refractivity contribution >= 4 is 17.5 Å². The zero-order chi connectivity index (χ0) is 11.3. The van der Waals surface area contributed by atoms with Gasteiger partial charge in [0.25, 0.3) is 5.91 Å². The molecule has 0 radical (unpaired) electrons. The van der Waals surface area contributed by atoms with Crippen molar-refractivity contribution in [3.63, 3.8) is 0 Å². The van der Waals surface area contributed by atoms with Crippen molar-refractivity contribution in [2.24, 2.45) is 0 Å². The summed E-state index contributed by atoms with van der Waals surface area (Å²) in [5.74, 6) is -0.278. The highest BCUT2D eigenvalue weighted by atomic mass is 35.5. The average molecular weight is 226 g/mol. The van der Waals surface area contributed by atoms with Crippen LogP contribution in [-0.4, -0.2) is 21.9 Å². The van der Waals surface area contributed by atoms with Gasteiger partial charge in [0.1, 0.15) is 10.8 Å². The lowest BCUT2D eigenvalue weighted by Crippen LogP contribution is -2.32. The Morgan fingerprint density at radius 1 is 1.73 bits per heavy atom. The molecular formula is C10H12ClN3O. The Balaban J connectivity index is 2.65. The van der Waals surface area contributed by atoms with Gasteiger partial charge >= 0.3 is 0 Å². The zero-order valence-electron chi connectivity index (χ0n) is 8.40. The Morgan fingerprint density at radius 3 is 3.07 bits per heavy atom. The molecule has 0 fully saturated rings. The van der Waals surface area contributed by atoms with Crippen LogP contribution in [-0.2, 0) is 0 Å². The first-order chi connectivity index (χ1) is 7.13. The van der Waals surface area contributed by atoms with Crippen LogP contribution in [0.25, 0.3) is 0 Å². The summed E-state index contributed by atoms with van der Waals surface area (Å²) in [6.07, 6.45) is 5.21. The van der Waals surface area contributed by atoms with Crippen LogP contribution in [0, 0.1) is 0 Å². The predicted molar refractivity (Wildman–Crippen MR) is 58.8 cm³/mol. The maximum Gasteiger partial charge on any atom is 0.271 e. The molecule has 0 saturated carbocycles. The highest BCUT2D eigenvalue weighted by Crippen LogP contribution is 2.03. The number of carbonyl (C=O) groups excluding carboxylic acids is 1. The molecule has 0 spiro atoms. The molecule has 1 rings (SSSR count). The monoisotopic (exact) mass is 225 g/mol. The van der Waals surface area contributed by atoms with Gasteiger partial charge < -0.3 is 5.32 Å². The molecular weight excluding hydrogens is 214 g/mol. The number of carbonyl (C=O) groups is 1. The minimum atomic E-state index is -0.278. The SMILES string of the molecule is C=CCC(C)NC(=O)c1cncc(Cl)n1. The standard InChI is InChI=1S/C10H12ClN3O/c1-3-4-7(2)13-10(15)8-5-12-6-9(11)14-8/h3,5-7H,1,4H2,2H3,(H,13,15). The molecule has 0 saturated heterocycles. The number of rotatable bonds is 4. The predicted octanol–water partition coefficient (Wildman–Crippen LogP) is 1.82. The van der Waals surface area contributed by atoms with Crippen LogP contribution in [0.1, 0.15) is 23.8 Å². The van der Waals surface area contributed by atoms with E-state index in [0.717, 1.165) is 0 Å². The number of hydrogen-bond acceptors (Lipinski definition) is 3. The highest BCUT2D eigenvalue weighted by Gasteiger charge is 2.10. The Morgan fingerprint density at radius 2 is 2.47 bits per heavy atom. The zero-order valence-corrected chi connectivity index (χ0v) is 9.16. The fourth-order valence-electron chi connectivity index (χ4n) is 1.06. The van der Waals surface area contributed by atoms with Crippen molar-refractivity contribution in [1.82, 2.24) is 15.3 Å². The molecule has 0 aromatic carbocycles. The third-order valence-electron chi connectivity index (χ3n) is 1.74. The second kappa shape index (κ2) is 5.46. The van der Waals surface area contributed by atoms with E-state index in [2.05, 4.69) is 21.9 Å². The minimum Gasteiger partial charge on any atom is -0.348 e. The number of amides is 1. The first kappa shape index (κ1) is 11.7. The topological polar surface area (TPSA) is 54.9 Å². The van der Waals surface area contributed by atoms with E-state index in [4.69, 9.17) is 11.6 Å². The van der Waals surface area contributed by atoms with E-state index >= 15 is 0 Å². The maximum atomic E-state index is 11.6. The number of nitrogens with one attached hydrogen (secondary N) is 1. The van der Waals surface area contributed by atoms with Crippen LogP contribution < -0.4 is 5.32 Å². The van der Waals surface area contributed by atoms with Crippen LogP contribution in [0.5, 0.6) is 0 Å². The summed E-state index contributed by atoms with van der Waals surface area (Å²) in [6.45, 7) is 5.48. The second-order valence-corrected chi connectivity index (χ2v) is 3.51. The van der Waals surface area contributed by atoms with E-state index in [9.17, 15) is 4.79 Å². The molecule has 1 atom stereocenters. The summed E-state index contributed by atoms with van der Waals surface area (Å²) < 4.78 is 0. The molecule has 1 unspecified atom stereocenters. The van der Waals surface area contributed by atoms with Gasteiger partial charge in [0.15, 0.2) is 0 Å². The third kappa shape index (κ3) is 3.67. The van der Waals surface area contributed by atoms with Crippen molar-refractivity contribution in [1.29, 1.82) is 0 Å². The van der Waals surface area contributed by atoms with Gasteiger partial charge in [-0.25, -0.2) is 4.98 Å². The lowest BCUT2D eigenvalue weighted by molar-refractivity contribution is 0.0935. The van der Waals surface area contributed by atoms with Gasteiger partial charge in [0.2, 0.25) is 0 Å². The van der Waals surface area contributed by atoms with Gasteiger partial charge in [-0.05, 0) is 13.3 Å². The molecule has 0 aliphatic heterocycles. The van der Waals surface area contributed by atoms with Crippen LogP contribution >= 0.6 is 11.6 Å². The normalized spacial score (nSPS) is 11.9. The van der Waals surface area contributed by atoms with Crippen molar-refractivity contribution in [2.45, 2.75) is 19.4 Å². The molecule has 1 heterocycles. The van der Waals surface area contributed by atoms with Gasteiger partial charge in [-0.2, -0.15) is 0 Å². The molecule has 15 heavy (non-hydrogen) atoms. The Labute approximate surface area is 93.4 Å². The second-order valence-electron chi connectivity index (χ2n) is 3.13. The van der Waals surface area contributed by atoms with E-state index in [0.29, 0.717) is 6.42 Å². The van der Waals surface area contributed by atoms with Crippen molar-refractivity contribution < 1.29 is 4.79 Å². The fraction of sp³-hybridized carbons (Fsp3) is 0.300. The largest absolute Gasteiger partial charge is 0.348 e. The summed E-state index contributed by atoms with van der Waals surface area (Å²) in [6, 6.07) is 0.0239. The van der Waals surface area contributed by atoms with E-state index in [1.54, 1.807) is 6.08 Å². The Kier molecular flexibility index (Phi) is 4.24. The van der Waals surface area contributed by atoms with Crippen molar-refractivity contribution in [3.05, 3.63) is 35.9 Å². The van der Waals surface area contributed by atoms with Crippen molar-refractivity contribution in [2.75, 3.05) is 0 Å². The summed E-state index contributed by atoms with van der Waals surface area (Å²) in [5.41, 5.74) is 0.221. The maximum absolute atomic E-state index is 11.6. The molecule has 1 N–H and O–H groups in total. The van der Waals surface area contributed by atoms with E-state index in [1.165, 1.54) is 12.4 Å². The summed E-state index contributed by atoms with van der Waals surface area (Å²) in [5, 5.41) is 2.96. The van der Waals surface area contributed by atoms with E-state index < -0.39 is 0 Å². The van der Waals surface area contributed by atoms with Crippen LogP contribution in [0.15, 0.2) is 25.0 Å². The molecule has 1 aromatic rings. The van der Waals surface area contributed by atoms with Crippen LogP contribution in [0.2, 0.25) is 5.15 Å². The quantitative estimate of drug-likeness (QED) is 0.796. The summed E-state index contributed by atoms with van der Waals surface area (Å²) in [7, 11) is 0. The van der Waals surface area contributed by atoms with Crippen LogP contribution in [0.3, 0.4) is 0 Å². The summed E-state index contributed by atoms with van der Waals surface area (Å²) in [4.78, 5) is 19.2. The average Bonchev–Trinajstić information content (AvgIpc) is 2.18. The molecule has 80 valence electrons. The van der Waals surface area contributed by atoms with Crippen LogP contribution in [0.4, 0.5) is 0 Å². The highest BCUT2D eigenvalue weighted by molar-refractivity contribution is 6.29. The van der Waals surface area contributed by atoms with Crippen molar-refractivity contribution in [3.8, 4) is 0 Å². The van der Waals surface area contributed by atoms with Gasteiger partial charge in [-0.3, -0.25) is 9.78 Å². The van der Waals surface area contributed by atoms with Gasteiger partial charge in [0.05, 0.1) is 12.4 Å². The summed E-state index contributed by atoms with van der Waals surface area (Å²) >= 11 is 5.62. The van der Waals surface area contributed by atoms with Gasteiger partial charge in [-0.1, -0.05) is 17.7 Å². The fourth-order valence-corrected chi connectivity index (χ4v) is 1.21. The smallest absolute Gasteiger partial charge is 0.271 e. The molecule has 0 aliphatic carbocycles. The van der Waals surface area contributed by atoms with E-state index in [1.807, 2.05) is 6.92 Å². The lowest BCUT2D eigenvalue weighted by Gasteiger charge is -2.10. The first-order valence-electron chi connectivity index (χ1n) is 4.52. The number of aromatic nitrogens is 2. The first-order valence-corrected chi connectivity index (χ1v) is 4.90. The van der Waals surface area contributed by atoms with E-state index in [-0.39, 0.29) is 22.8 Å².